The zero-order chi connectivity index (χ0) is 21.0. The van der Waals surface area contributed by atoms with Crippen LogP contribution >= 0.6 is 15.9 Å². The van der Waals surface area contributed by atoms with Crippen LogP contribution in [0.15, 0.2) is 39.9 Å². The maximum absolute atomic E-state index is 12.8. The lowest BCUT2D eigenvalue weighted by Crippen LogP contribution is -2.39. The number of carbonyl (C=O) groups excluding carboxylic acids is 3. The van der Waals surface area contributed by atoms with Crippen molar-refractivity contribution >= 4 is 45.0 Å². The fraction of sp³-hybridized carbons (Fsp3) is 0.381. The second-order valence-electron chi connectivity index (χ2n) is 6.96. The van der Waals surface area contributed by atoms with Crippen LogP contribution in [0.2, 0.25) is 0 Å². The van der Waals surface area contributed by atoms with E-state index >= 15 is 0 Å². The number of nitrogens with two attached hydrogens (primary N) is 1. The zero-order valence-electron chi connectivity index (χ0n) is 16.3. The maximum atomic E-state index is 12.8. The number of allylic oxidation sites excluding steroid dienone is 1. The zero-order valence-corrected chi connectivity index (χ0v) is 17.9. The summed E-state index contributed by atoms with van der Waals surface area (Å²) in [6.45, 7) is 2.42. The van der Waals surface area contributed by atoms with E-state index in [0.29, 0.717) is 52.1 Å². The molecule has 0 radical (unpaired) electrons. The Morgan fingerprint density at radius 1 is 1.24 bits per heavy atom. The summed E-state index contributed by atoms with van der Waals surface area (Å²) in [5.41, 5.74) is 7.37. The highest BCUT2D eigenvalue weighted by Crippen LogP contribution is 2.39. The number of carbonyl (C=O) groups is 3. The third kappa shape index (κ3) is 4.70. The van der Waals surface area contributed by atoms with E-state index in [1.54, 1.807) is 17.0 Å². The number of hydrogen-bond donors (Lipinski definition) is 2. The Kier molecular flexibility index (Phi) is 6.74. The van der Waals surface area contributed by atoms with Gasteiger partial charge in [0.2, 0.25) is 5.91 Å². The largest absolute Gasteiger partial charge is 0.482 e. The van der Waals surface area contributed by atoms with E-state index < -0.39 is 5.91 Å². The number of nitrogens with one attached hydrogen (secondary N) is 1. The van der Waals surface area contributed by atoms with Gasteiger partial charge in [-0.1, -0.05) is 19.1 Å². The molecule has 1 aromatic carbocycles. The maximum Gasteiger partial charge on any atom is 0.265 e. The highest BCUT2D eigenvalue weighted by molar-refractivity contribution is 9.10. The first-order valence-corrected chi connectivity index (χ1v) is 10.5. The van der Waals surface area contributed by atoms with Gasteiger partial charge in [-0.05, 0) is 60.2 Å². The van der Waals surface area contributed by atoms with Crippen LogP contribution in [-0.2, 0) is 14.4 Å². The molecule has 1 heterocycles. The van der Waals surface area contributed by atoms with E-state index in [-0.39, 0.29) is 18.4 Å². The summed E-state index contributed by atoms with van der Waals surface area (Å²) in [6, 6.07) is 3.44. The minimum atomic E-state index is -0.549. The third-order valence-electron chi connectivity index (χ3n) is 4.97. The molecule has 0 atom stereocenters. The summed E-state index contributed by atoms with van der Waals surface area (Å²) in [4.78, 5) is 38.5. The summed E-state index contributed by atoms with van der Waals surface area (Å²) >= 11 is 3.45. The van der Waals surface area contributed by atoms with Gasteiger partial charge in [0.25, 0.3) is 11.8 Å². The first kappa shape index (κ1) is 21.1. The van der Waals surface area contributed by atoms with E-state index in [1.807, 2.05) is 19.1 Å². The van der Waals surface area contributed by atoms with E-state index in [4.69, 9.17) is 10.5 Å². The summed E-state index contributed by atoms with van der Waals surface area (Å²) in [5.74, 6) is -0.482. The van der Waals surface area contributed by atoms with Crippen LogP contribution < -0.4 is 20.7 Å². The van der Waals surface area contributed by atoms with Crippen molar-refractivity contribution in [2.45, 2.75) is 39.0 Å². The fourth-order valence-corrected chi connectivity index (χ4v) is 3.91. The minimum absolute atomic E-state index is 0.0278. The number of hydrogen-bond acceptors (Lipinski definition) is 4. The van der Waals surface area contributed by atoms with Crippen molar-refractivity contribution in [3.05, 3.63) is 39.9 Å². The highest BCUT2D eigenvalue weighted by Gasteiger charge is 2.27. The molecule has 3 amide bonds. The van der Waals surface area contributed by atoms with Crippen LogP contribution in [-0.4, -0.2) is 30.9 Å². The molecule has 0 bridgehead atoms. The van der Waals surface area contributed by atoms with Crippen molar-refractivity contribution in [2.75, 3.05) is 23.4 Å². The van der Waals surface area contributed by atoms with Gasteiger partial charge < -0.3 is 20.7 Å². The summed E-state index contributed by atoms with van der Waals surface area (Å²) in [6.07, 6.45) is 7.52. The second-order valence-corrected chi connectivity index (χ2v) is 7.81. The van der Waals surface area contributed by atoms with Crippen LogP contribution in [0.25, 0.3) is 0 Å². The third-order valence-corrected chi connectivity index (χ3v) is 5.63. The average molecular weight is 462 g/mol. The van der Waals surface area contributed by atoms with Gasteiger partial charge in [0.05, 0.1) is 11.4 Å². The fourth-order valence-electron chi connectivity index (χ4n) is 3.49. The number of amides is 3. The van der Waals surface area contributed by atoms with Crippen molar-refractivity contribution in [3.63, 3.8) is 0 Å². The molecule has 0 saturated carbocycles. The second kappa shape index (κ2) is 9.26. The van der Waals surface area contributed by atoms with Crippen LogP contribution in [0.5, 0.6) is 5.75 Å². The van der Waals surface area contributed by atoms with E-state index in [0.717, 1.165) is 19.3 Å². The Labute approximate surface area is 178 Å². The Balaban J connectivity index is 1.91. The predicted octanol–water partition coefficient (Wildman–Crippen LogP) is 3.44. The van der Waals surface area contributed by atoms with Crippen molar-refractivity contribution < 1.29 is 19.1 Å². The number of anilines is 2. The Hall–Kier alpha value is -2.61. The number of benzene rings is 1. The van der Waals surface area contributed by atoms with Crippen molar-refractivity contribution in [2.24, 2.45) is 5.73 Å². The molecule has 3 rings (SSSR count). The van der Waals surface area contributed by atoms with Crippen LogP contribution in [0.3, 0.4) is 0 Å². The lowest BCUT2D eigenvalue weighted by atomic mass is 9.90. The monoisotopic (exact) mass is 461 g/mol. The quantitative estimate of drug-likeness (QED) is 0.633. The molecule has 0 unspecified atom stereocenters. The minimum Gasteiger partial charge on any atom is -0.482 e. The molecule has 0 spiro atoms. The molecule has 1 aromatic rings. The van der Waals surface area contributed by atoms with Crippen LogP contribution in [0, 0.1) is 0 Å². The average Bonchev–Trinajstić information content (AvgIpc) is 2.70. The van der Waals surface area contributed by atoms with Gasteiger partial charge in [0.1, 0.15) is 5.75 Å². The Morgan fingerprint density at radius 2 is 1.97 bits per heavy atom. The number of halogens is 1. The molecular weight excluding hydrogens is 438 g/mol. The number of primary amides is 1. The van der Waals surface area contributed by atoms with Gasteiger partial charge in [-0.3, -0.25) is 14.4 Å². The smallest absolute Gasteiger partial charge is 0.265 e. The molecule has 2 aliphatic rings. The summed E-state index contributed by atoms with van der Waals surface area (Å²) in [5, 5.41) is 2.85. The van der Waals surface area contributed by atoms with Crippen molar-refractivity contribution in [3.8, 4) is 5.75 Å². The van der Waals surface area contributed by atoms with Crippen LogP contribution in [0.4, 0.5) is 11.4 Å². The van der Waals surface area contributed by atoms with Crippen molar-refractivity contribution in [1.29, 1.82) is 0 Å². The molecule has 0 fully saturated rings. The SMILES string of the molecule is CCC=CCN1C(=O)COc2cc(Br)c(NC(=O)C3=C(C(N)=O)CCCC3)cc21. The van der Waals surface area contributed by atoms with Gasteiger partial charge >= 0.3 is 0 Å². The molecule has 154 valence electrons. The van der Waals surface area contributed by atoms with Crippen molar-refractivity contribution in [1.82, 2.24) is 0 Å². The first-order valence-electron chi connectivity index (χ1n) is 9.67. The number of ether oxygens (including phenoxy) is 1. The van der Waals surface area contributed by atoms with E-state index in [2.05, 4.69) is 21.2 Å². The Morgan fingerprint density at radius 3 is 2.66 bits per heavy atom. The normalized spacial score (nSPS) is 16.6. The summed E-state index contributed by atoms with van der Waals surface area (Å²) in [7, 11) is 0. The molecule has 7 nitrogen and oxygen atoms in total. The summed E-state index contributed by atoms with van der Waals surface area (Å²) < 4.78 is 6.17. The molecule has 1 aliphatic heterocycles. The van der Waals surface area contributed by atoms with Crippen LogP contribution in [0.1, 0.15) is 39.0 Å². The molecule has 0 aromatic heterocycles. The molecule has 1 aliphatic carbocycles. The highest BCUT2D eigenvalue weighted by atomic mass is 79.9. The number of fused-ring (bicyclic) bond motifs is 1. The molecule has 8 heteroatoms. The number of rotatable bonds is 6. The molecule has 0 saturated heterocycles. The topological polar surface area (TPSA) is 102 Å². The first-order chi connectivity index (χ1) is 13.9. The standard InChI is InChI=1S/C21H24BrN3O4/c1-2-3-6-9-25-17-11-16(15(22)10-18(17)29-12-19(25)26)24-21(28)14-8-5-4-7-13(14)20(23)27/h3,6,10-11H,2,4-5,7-9,12H2,1H3,(H2,23,27)(H,24,28). The Bertz CT molecular complexity index is 907. The van der Waals surface area contributed by atoms with E-state index in [9.17, 15) is 14.4 Å². The molecule has 29 heavy (non-hydrogen) atoms. The van der Waals surface area contributed by atoms with Gasteiger partial charge in [0, 0.05) is 22.2 Å². The predicted molar refractivity (Wildman–Crippen MR) is 115 cm³/mol. The van der Waals surface area contributed by atoms with Gasteiger partial charge in [0.15, 0.2) is 6.61 Å². The van der Waals surface area contributed by atoms with Gasteiger partial charge in [-0.25, -0.2) is 0 Å². The number of nitrogens with zero attached hydrogens (tertiary/aromatic N) is 1. The van der Waals surface area contributed by atoms with E-state index in [1.165, 1.54) is 0 Å². The molecular formula is C21H24BrN3O4. The lowest BCUT2D eigenvalue weighted by Gasteiger charge is -2.29. The molecule has 3 N–H and O–H groups in total. The van der Waals surface area contributed by atoms with Gasteiger partial charge in [-0.15, -0.1) is 0 Å². The lowest BCUT2D eigenvalue weighted by molar-refractivity contribution is -0.121. The van der Waals surface area contributed by atoms with Gasteiger partial charge in [-0.2, -0.15) is 0 Å².